The quantitative estimate of drug-likeness (QED) is 0.843. The summed E-state index contributed by atoms with van der Waals surface area (Å²) in [4.78, 5) is 16.0. The minimum atomic E-state index is -0.0303. The second kappa shape index (κ2) is 6.91. The second-order valence-corrected chi connectivity index (χ2v) is 6.56. The molecule has 1 aromatic rings. The van der Waals surface area contributed by atoms with E-state index in [1.165, 1.54) is 11.3 Å². The van der Waals surface area contributed by atoms with Crippen molar-refractivity contribution in [3.05, 3.63) is 15.8 Å². The number of carbonyl (C=O) groups is 1. The number of hydrogen-bond donors (Lipinski definition) is 2. The van der Waals surface area contributed by atoms with Crippen LogP contribution in [-0.2, 0) is 0 Å². The highest BCUT2D eigenvalue weighted by Crippen LogP contribution is 2.23. The van der Waals surface area contributed by atoms with Crippen LogP contribution in [0.5, 0.6) is 0 Å². The minimum Gasteiger partial charge on any atom is -0.398 e. The molecule has 5 heteroatoms. The van der Waals surface area contributed by atoms with Crippen molar-refractivity contribution in [3.63, 3.8) is 0 Å². The highest BCUT2D eigenvalue weighted by molar-refractivity contribution is 7.14. The van der Waals surface area contributed by atoms with E-state index >= 15 is 0 Å². The first-order valence-corrected chi connectivity index (χ1v) is 7.54. The largest absolute Gasteiger partial charge is 0.398 e. The Hall–Kier alpha value is -1.07. The van der Waals surface area contributed by atoms with Crippen molar-refractivity contribution in [2.24, 2.45) is 0 Å². The van der Waals surface area contributed by atoms with Crippen molar-refractivity contribution in [3.8, 4) is 0 Å². The Morgan fingerprint density at radius 2 is 1.95 bits per heavy atom. The van der Waals surface area contributed by atoms with Gasteiger partial charge in [0.1, 0.15) is 0 Å². The molecule has 1 aromatic heterocycles. The Kier molecular flexibility index (Phi) is 5.82. The van der Waals surface area contributed by atoms with Crippen molar-refractivity contribution in [2.75, 3.05) is 18.8 Å². The van der Waals surface area contributed by atoms with Crippen LogP contribution < -0.4 is 11.1 Å². The molecular formula is C14H25N3OS. The van der Waals surface area contributed by atoms with Crippen LogP contribution in [0, 0.1) is 6.92 Å². The number of aryl methyl sites for hydroxylation is 1. The van der Waals surface area contributed by atoms with Gasteiger partial charge in [-0.15, -0.1) is 11.3 Å². The molecule has 1 amide bonds. The summed E-state index contributed by atoms with van der Waals surface area (Å²) in [5, 5.41) is 2.95. The van der Waals surface area contributed by atoms with E-state index in [0.29, 0.717) is 29.2 Å². The smallest absolute Gasteiger partial charge is 0.261 e. The number of thiophene rings is 1. The lowest BCUT2D eigenvalue weighted by atomic mass is 10.2. The molecule has 0 aliphatic rings. The molecule has 3 N–H and O–H groups in total. The molecule has 1 heterocycles. The van der Waals surface area contributed by atoms with Gasteiger partial charge in [0.2, 0.25) is 0 Å². The van der Waals surface area contributed by atoms with Crippen LogP contribution in [0.15, 0.2) is 6.07 Å². The molecule has 1 rings (SSSR count). The summed E-state index contributed by atoms with van der Waals surface area (Å²) in [5.74, 6) is -0.0303. The molecule has 0 radical (unpaired) electrons. The molecule has 0 spiro atoms. The van der Waals surface area contributed by atoms with E-state index in [2.05, 4.69) is 37.9 Å². The summed E-state index contributed by atoms with van der Waals surface area (Å²) in [6.07, 6.45) is 0. The maximum Gasteiger partial charge on any atom is 0.261 e. The van der Waals surface area contributed by atoms with Crippen LogP contribution in [0.4, 0.5) is 5.69 Å². The van der Waals surface area contributed by atoms with Crippen LogP contribution >= 0.6 is 11.3 Å². The predicted molar refractivity (Wildman–Crippen MR) is 82.8 cm³/mol. The first-order chi connectivity index (χ1) is 8.82. The van der Waals surface area contributed by atoms with E-state index in [1.54, 1.807) is 6.07 Å². The van der Waals surface area contributed by atoms with Crippen molar-refractivity contribution < 1.29 is 4.79 Å². The lowest BCUT2D eigenvalue weighted by Crippen LogP contribution is -2.42. The van der Waals surface area contributed by atoms with Crippen LogP contribution in [-0.4, -0.2) is 36.0 Å². The number of amides is 1. The summed E-state index contributed by atoms with van der Waals surface area (Å²) >= 11 is 1.44. The molecule has 0 saturated heterocycles. The Balaban J connectivity index is 2.46. The van der Waals surface area contributed by atoms with E-state index in [4.69, 9.17) is 5.73 Å². The van der Waals surface area contributed by atoms with Gasteiger partial charge in [-0.1, -0.05) is 0 Å². The van der Waals surface area contributed by atoms with Crippen molar-refractivity contribution in [1.82, 2.24) is 10.2 Å². The number of nitrogen functional groups attached to an aromatic ring is 1. The topological polar surface area (TPSA) is 58.4 Å². The lowest BCUT2D eigenvalue weighted by Gasteiger charge is -2.30. The van der Waals surface area contributed by atoms with Crippen LogP contribution in [0.1, 0.15) is 42.2 Å². The number of nitrogens with one attached hydrogen (secondary N) is 1. The highest BCUT2D eigenvalue weighted by Gasteiger charge is 2.14. The molecule has 0 aromatic carbocycles. The monoisotopic (exact) mass is 283 g/mol. The van der Waals surface area contributed by atoms with Gasteiger partial charge < -0.3 is 11.1 Å². The van der Waals surface area contributed by atoms with Crippen molar-refractivity contribution in [1.29, 1.82) is 0 Å². The molecule has 0 saturated carbocycles. The predicted octanol–water partition coefficient (Wildman–Crippen LogP) is 2.49. The normalized spacial score (nSPS) is 11.6. The highest BCUT2D eigenvalue weighted by atomic mass is 32.1. The fourth-order valence-corrected chi connectivity index (χ4v) is 2.96. The molecule has 0 aliphatic carbocycles. The maximum absolute atomic E-state index is 12.0. The standard InChI is InChI=1S/C14H25N3OS/c1-9(2)17(10(3)4)7-6-16-14(18)13-8-12(15)11(5)19-13/h8-10H,6-7,15H2,1-5H3,(H,16,18). The molecular weight excluding hydrogens is 258 g/mol. The van der Waals surface area contributed by atoms with Gasteiger partial charge in [0, 0.05) is 35.7 Å². The van der Waals surface area contributed by atoms with Gasteiger partial charge in [-0.05, 0) is 40.7 Å². The van der Waals surface area contributed by atoms with Crippen molar-refractivity contribution in [2.45, 2.75) is 46.7 Å². The van der Waals surface area contributed by atoms with Crippen LogP contribution in [0.2, 0.25) is 0 Å². The first-order valence-electron chi connectivity index (χ1n) is 6.72. The molecule has 0 unspecified atom stereocenters. The number of nitrogens with zero attached hydrogens (tertiary/aromatic N) is 1. The Morgan fingerprint density at radius 3 is 2.37 bits per heavy atom. The van der Waals surface area contributed by atoms with Gasteiger partial charge in [0.25, 0.3) is 5.91 Å². The maximum atomic E-state index is 12.0. The van der Waals surface area contributed by atoms with Gasteiger partial charge in [-0.25, -0.2) is 0 Å². The third kappa shape index (κ3) is 4.51. The third-order valence-corrected chi connectivity index (χ3v) is 4.23. The molecule has 0 bridgehead atoms. The summed E-state index contributed by atoms with van der Waals surface area (Å²) < 4.78 is 0. The average molecular weight is 283 g/mol. The van der Waals surface area contributed by atoms with E-state index in [1.807, 2.05) is 6.92 Å². The lowest BCUT2D eigenvalue weighted by molar-refractivity contribution is 0.0943. The van der Waals surface area contributed by atoms with Gasteiger partial charge in [0.15, 0.2) is 0 Å². The zero-order valence-corrected chi connectivity index (χ0v) is 13.3. The van der Waals surface area contributed by atoms with E-state index in [0.717, 1.165) is 11.4 Å². The molecule has 19 heavy (non-hydrogen) atoms. The minimum absolute atomic E-state index is 0.0303. The Bertz CT molecular complexity index is 399. The average Bonchev–Trinajstić information content (AvgIpc) is 2.64. The van der Waals surface area contributed by atoms with Crippen LogP contribution in [0.25, 0.3) is 0 Å². The summed E-state index contributed by atoms with van der Waals surface area (Å²) in [5.41, 5.74) is 6.45. The molecule has 0 aliphatic heterocycles. The number of hydrogen-bond acceptors (Lipinski definition) is 4. The van der Waals surface area contributed by atoms with Gasteiger partial charge >= 0.3 is 0 Å². The molecule has 4 nitrogen and oxygen atoms in total. The van der Waals surface area contributed by atoms with Gasteiger partial charge in [-0.2, -0.15) is 0 Å². The van der Waals surface area contributed by atoms with Gasteiger partial charge in [0.05, 0.1) is 4.88 Å². The van der Waals surface area contributed by atoms with Crippen LogP contribution in [0.3, 0.4) is 0 Å². The Labute approximate surface area is 120 Å². The van der Waals surface area contributed by atoms with E-state index < -0.39 is 0 Å². The first kappa shape index (κ1) is 16.0. The summed E-state index contributed by atoms with van der Waals surface area (Å²) in [7, 11) is 0. The number of rotatable bonds is 6. The zero-order chi connectivity index (χ0) is 14.6. The molecule has 0 atom stereocenters. The molecule has 108 valence electrons. The second-order valence-electron chi connectivity index (χ2n) is 5.30. The third-order valence-electron chi connectivity index (χ3n) is 3.16. The van der Waals surface area contributed by atoms with Gasteiger partial charge in [-0.3, -0.25) is 9.69 Å². The zero-order valence-electron chi connectivity index (χ0n) is 12.5. The SMILES string of the molecule is Cc1sc(C(=O)NCCN(C(C)C)C(C)C)cc1N. The fourth-order valence-electron chi connectivity index (χ4n) is 2.11. The number of carbonyl (C=O) groups excluding carboxylic acids is 1. The number of anilines is 1. The Morgan fingerprint density at radius 1 is 1.37 bits per heavy atom. The summed E-state index contributed by atoms with van der Waals surface area (Å²) in [6.45, 7) is 12.1. The van der Waals surface area contributed by atoms with E-state index in [9.17, 15) is 4.79 Å². The van der Waals surface area contributed by atoms with E-state index in [-0.39, 0.29) is 5.91 Å². The number of nitrogens with two attached hydrogens (primary N) is 1. The van der Waals surface area contributed by atoms with Crippen molar-refractivity contribution >= 4 is 22.9 Å². The fraction of sp³-hybridized carbons (Fsp3) is 0.643. The summed E-state index contributed by atoms with van der Waals surface area (Å²) in [6, 6.07) is 2.71. The molecule has 0 fully saturated rings.